The SMILES string of the molecule is OCCC(CO)C(O)C(O)CCC(CO)CO. The van der Waals surface area contributed by atoms with Gasteiger partial charge >= 0.3 is 0 Å². The number of aliphatic hydroxyl groups excluding tert-OH is 6. The fourth-order valence-corrected chi connectivity index (χ4v) is 1.67. The van der Waals surface area contributed by atoms with Crippen LogP contribution in [0.25, 0.3) is 0 Å². The first-order chi connectivity index (χ1) is 8.10. The largest absolute Gasteiger partial charge is 0.396 e. The molecule has 0 rings (SSSR count). The van der Waals surface area contributed by atoms with Crippen molar-refractivity contribution in [2.75, 3.05) is 26.4 Å². The van der Waals surface area contributed by atoms with E-state index in [2.05, 4.69) is 0 Å². The molecule has 0 saturated carbocycles. The summed E-state index contributed by atoms with van der Waals surface area (Å²) in [7, 11) is 0. The molecule has 0 aliphatic heterocycles. The predicted octanol–water partition coefficient (Wildman–Crippen LogP) is -1.92. The Bertz CT molecular complexity index is 173. The predicted molar refractivity (Wildman–Crippen MR) is 61.2 cm³/mol. The number of aliphatic hydroxyl groups is 6. The molecule has 0 saturated heterocycles. The van der Waals surface area contributed by atoms with Crippen molar-refractivity contribution < 1.29 is 30.6 Å². The lowest BCUT2D eigenvalue weighted by atomic mass is 9.91. The van der Waals surface area contributed by atoms with E-state index >= 15 is 0 Å². The second-order valence-electron chi connectivity index (χ2n) is 4.32. The van der Waals surface area contributed by atoms with Crippen LogP contribution in [0.1, 0.15) is 19.3 Å². The van der Waals surface area contributed by atoms with Crippen molar-refractivity contribution in [3.63, 3.8) is 0 Å². The summed E-state index contributed by atoms with van der Waals surface area (Å²) in [5.74, 6) is -0.862. The Morgan fingerprint density at radius 2 is 1.29 bits per heavy atom. The molecule has 0 bridgehead atoms. The van der Waals surface area contributed by atoms with Gasteiger partial charge in [-0.3, -0.25) is 0 Å². The fraction of sp³-hybridized carbons (Fsp3) is 1.00. The molecule has 0 fully saturated rings. The summed E-state index contributed by atoms with van der Waals surface area (Å²) < 4.78 is 0. The van der Waals surface area contributed by atoms with Crippen LogP contribution in [0.4, 0.5) is 0 Å². The highest BCUT2D eigenvalue weighted by Crippen LogP contribution is 2.17. The number of rotatable bonds is 10. The quantitative estimate of drug-likeness (QED) is 0.269. The molecule has 3 atom stereocenters. The third kappa shape index (κ3) is 6.30. The van der Waals surface area contributed by atoms with Gasteiger partial charge in [0.05, 0.1) is 12.2 Å². The molecule has 0 aliphatic carbocycles. The summed E-state index contributed by atoms with van der Waals surface area (Å²) >= 11 is 0. The van der Waals surface area contributed by atoms with Gasteiger partial charge in [0.1, 0.15) is 0 Å². The third-order valence-electron chi connectivity index (χ3n) is 3.00. The highest BCUT2D eigenvalue weighted by Gasteiger charge is 2.25. The van der Waals surface area contributed by atoms with Crippen LogP contribution in [0.15, 0.2) is 0 Å². The highest BCUT2D eigenvalue weighted by molar-refractivity contribution is 4.76. The standard InChI is InChI=1S/C11H24O6/c12-4-3-9(7-15)11(17)10(16)2-1-8(5-13)6-14/h8-17H,1-7H2. The molecule has 6 N–H and O–H groups in total. The van der Waals surface area contributed by atoms with E-state index in [9.17, 15) is 10.2 Å². The number of hydrogen-bond donors (Lipinski definition) is 6. The van der Waals surface area contributed by atoms with Crippen LogP contribution in [-0.2, 0) is 0 Å². The van der Waals surface area contributed by atoms with Crippen molar-refractivity contribution in [1.29, 1.82) is 0 Å². The molecule has 104 valence electrons. The molecule has 17 heavy (non-hydrogen) atoms. The molecule has 0 radical (unpaired) electrons. The zero-order valence-corrected chi connectivity index (χ0v) is 9.94. The molecule has 3 unspecified atom stereocenters. The van der Waals surface area contributed by atoms with Gasteiger partial charge in [0.2, 0.25) is 0 Å². The van der Waals surface area contributed by atoms with Gasteiger partial charge < -0.3 is 30.6 Å². The lowest BCUT2D eigenvalue weighted by molar-refractivity contribution is -0.0452. The first-order valence-corrected chi connectivity index (χ1v) is 5.90. The average molecular weight is 252 g/mol. The van der Waals surface area contributed by atoms with Gasteiger partial charge in [-0.1, -0.05) is 0 Å². The summed E-state index contributed by atoms with van der Waals surface area (Å²) in [5.41, 5.74) is 0. The van der Waals surface area contributed by atoms with E-state index in [1.807, 2.05) is 0 Å². The Morgan fingerprint density at radius 3 is 1.71 bits per heavy atom. The minimum atomic E-state index is -1.11. The van der Waals surface area contributed by atoms with Gasteiger partial charge in [0.25, 0.3) is 0 Å². The molecule has 0 aromatic heterocycles. The van der Waals surface area contributed by atoms with Crippen LogP contribution in [0, 0.1) is 11.8 Å². The molecule has 0 aromatic carbocycles. The summed E-state index contributed by atoms with van der Waals surface area (Å²) in [6, 6.07) is 0. The highest BCUT2D eigenvalue weighted by atomic mass is 16.3. The van der Waals surface area contributed by atoms with E-state index in [1.54, 1.807) is 0 Å². The number of hydrogen-bond acceptors (Lipinski definition) is 6. The van der Waals surface area contributed by atoms with Crippen molar-refractivity contribution in [3.05, 3.63) is 0 Å². The van der Waals surface area contributed by atoms with E-state index in [-0.39, 0.29) is 45.2 Å². The van der Waals surface area contributed by atoms with Gasteiger partial charge in [0, 0.05) is 38.3 Å². The zero-order chi connectivity index (χ0) is 13.3. The molecule has 6 heteroatoms. The van der Waals surface area contributed by atoms with Crippen LogP contribution in [0.3, 0.4) is 0 Å². The van der Waals surface area contributed by atoms with Crippen LogP contribution < -0.4 is 0 Å². The van der Waals surface area contributed by atoms with E-state index in [0.717, 1.165) is 0 Å². The van der Waals surface area contributed by atoms with Gasteiger partial charge in [-0.05, 0) is 19.3 Å². The Balaban J connectivity index is 4.05. The molecular formula is C11H24O6. The van der Waals surface area contributed by atoms with Crippen LogP contribution in [0.5, 0.6) is 0 Å². The smallest absolute Gasteiger partial charge is 0.0849 e. The normalized spacial score (nSPS) is 17.1. The monoisotopic (exact) mass is 252 g/mol. The average Bonchev–Trinajstić information content (AvgIpc) is 2.36. The molecule has 0 spiro atoms. The topological polar surface area (TPSA) is 121 Å². The first-order valence-electron chi connectivity index (χ1n) is 5.90. The van der Waals surface area contributed by atoms with E-state index in [1.165, 1.54) is 0 Å². The lowest BCUT2D eigenvalue weighted by Gasteiger charge is -2.25. The van der Waals surface area contributed by atoms with E-state index < -0.39 is 18.1 Å². The molecule has 6 nitrogen and oxygen atoms in total. The molecule has 0 aliphatic rings. The summed E-state index contributed by atoms with van der Waals surface area (Å²) in [6.07, 6.45) is -1.29. The van der Waals surface area contributed by atoms with Crippen LogP contribution in [0.2, 0.25) is 0 Å². The lowest BCUT2D eigenvalue weighted by Crippen LogP contribution is -2.36. The van der Waals surface area contributed by atoms with Crippen molar-refractivity contribution in [3.8, 4) is 0 Å². The molecule has 0 amide bonds. The maximum Gasteiger partial charge on any atom is 0.0849 e. The Kier molecular flexibility index (Phi) is 9.62. The Morgan fingerprint density at radius 1 is 0.706 bits per heavy atom. The van der Waals surface area contributed by atoms with Crippen LogP contribution in [-0.4, -0.2) is 69.3 Å². The maximum atomic E-state index is 9.72. The van der Waals surface area contributed by atoms with Gasteiger partial charge in [-0.25, -0.2) is 0 Å². The van der Waals surface area contributed by atoms with Gasteiger partial charge in [0.15, 0.2) is 0 Å². The Labute approximate surface area is 101 Å². The van der Waals surface area contributed by atoms with Gasteiger partial charge in [-0.15, -0.1) is 0 Å². The third-order valence-corrected chi connectivity index (χ3v) is 3.00. The maximum absolute atomic E-state index is 9.72. The minimum Gasteiger partial charge on any atom is -0.396 e. The zero-order valence-electron chi connectivity index (χ0n) is 9.94. The summed E-state index contributed by atoms with van der Waals surface area (Å²) in [6.45, 7) is -0.800. The second-order valence-corrected chi connectivity index (χ2v) is 4.32. The fourth-order valence-electron chi connectivity index (χ4n) is 1.67. The van der Waals surface area contributed by atoms with E-state index in [4.69, 9.17) is 20.4 Å². The molecule has 0 aromatic rings. The molecular weight excluding hydrogens is 228 g/mol. The van der Waals surface area contributed by atoms with E-state index in [0.29, 0.717) is 6.42 Å². The first kappa shape index (κ1) is 16.8. The van der Waals surface area contributed by atoms with Crippen molar-refractivity contribution in [2.45, 2.75) is 31.5 Å². The van der Waals surface area contributed by atoms with Crippen molar-refractivity contribution in [1.82, 2.24) is 0 Å². The van der Waals surface area contributed by atoms with Crippen molar-refractivity contribution in [2.24, 2.45) is 11.8 Å². The summed E-state index contributed by atoms with van der Waals surface area (Å²) in [5, 5.41) is 54.8. The molecule has 0 heterocycles. The van der Waals surface area contributed by atoms with Crippen molar-refractivity contribution >= 4 is 0 Å². The summed E-state index contributed by atoms with van der Waals surface area (Å²) in [4.78, 5) is 0. The minimum absolute atomic E-state index is 0.162. The second kappa shape index (κ2) is 9.76. The van der Waals surface area contributed by atoms with Crippen LogP contribution >= 0.6 is 0 Å². The van der Waals surface area contributed by atoms with Gasteiger partial charge in [-0.2, -0.15) is 0 Å². The Hall–Kier alpha value is -0.240.